The van der Waals surface area contributed by atoms with Gasteiger partial charge in [-0.1, -0.05) is 57.1 Å². The number of benzene rings is 1. The summed E-state index contributed by atoms with van der Waals surface area (Å²) in [7, 11) is 0. The first-order valence-corrected chi connectivity index (χ1v) is 11.6. The largest absolute Gasteiger partial charge is 0.391 e. The zero-order chi connectivity index (χ0) is 25.0. The number of amides is 3. The van der Waals surface area contributed by atoms with Crippen molar-refractivity contribution in [3.05, 3.63) is 41.8 Å². The number of aliphatic hydroxyl groups is 1. The van der Waals surface area contributed by atoms with Crippen LogP contribution >= 0.6 is 0 Å². The van der Waals surface area contributed by atoms with E-state index < -0.39 is 23.6 Å². The van der Waals surface area contributed by atoms with Gasteiger partial charge in [-0.3, -0.25) is 14.4 Å². The molecule has 34 heavy (non-hydrogen) atoms. The van der Waals surface area contributed by atoms with Crippen molar-refractivity contribution in [1.82, 2.24) is 20.7 Å². The molecule has 1 aromatic carbocycles. The topological polar surface area (TPSA) is 125 Å². The van der Waals surface area contributed by atoms with Crippen molar-refractivity contribution >= 4 is 17.7 Å². The van der Waals surface area contributed by atoms with Crippen LogP contribution in [0.25, 0.3) is 11.1 Å². The highest BCUT2D eigenvalue weighted by atomic mass is 16.5. The van der Waals surface area contributed by atoms with E-state index in [9.17, 15) is 19.5 Å². The maximum absolute atomic E-state index is 13.4. The van der Waals surface area contributed by atoms with E-state index in [1.54, 1.807) is 13.2 Å². The Bertz CT molecular complexity index is 1020. The Morgan fingerprint density at radius 3 is 2.47 bits per heavy atom. The number of rotatable bonds is 7. The van der Waals surface area contributed by atoms with Gasteiger partial charge in [0.15, 0.2) is 0 Å². The third-order valence-electron chi connectivity index (χ3n) is 6.09. The molecule has 3 atom stereocenters. The molecule has 0 bridgehead atoms. The second-order valence-corrected chi connectivity index (χ2v) is 9.84. The van der Waals surface area contributed by atoms with Crippen LogP contribution in [0.1, 0.15) is 51.8 Å². The van der Waals surface area contributed by atoms with Gasteiger partial charge in [0.2, 0.25) is 17.7 Å². The first kappa shape index (κ1) is 25.4. The molecule has 0 aliphatic carbocycles. The summed E-state index contributed by atoms with van der Waals surface area (Å²) in [6.45, 7) is 9.50. The van der Waals surface area contributed by atoms with Crippen molar-refractivity contribution in [3.63, 3.8) is 0 Å². The maximum Gasteiger partial charge on any atom is 0.246 e. The lowest BCUT2D eigenvalue weighted by atomic mass is 9.85. The van der Waals surface area contributed by atoms with Crippen LogP contribution in [0.5, 0.6) is 0 Å². The normalized spacial score (nSPS) is 19.1. The third kappa shape index (κ3) is 5.83. The summed E-state index contributed by atoms with van der Waals surface area (Å²) in [4.78, 5) is 39.8. The number of nitrogens with zero attached hydrogens (tertiary/aromatic N) is 2. The first-order chi connectivity index (χ1) is 16.0. The Labute approximate surface area is 199 Å². The quantitative estimate of drug-likeness (QED) is 0.570. The van der Waals surface area contributed by atoms with Gasteiger partial charge in [0.1, 0.15) is 18.3 Å². The van der Waals surface area contributed by atoms with E-state index in [1.165, 1.54) is 4.90 Å². The van der Waals surface area contributed by atoms with Crippen LogP contribution in [0.3, 0.4) is 0 Å². The van der Waals surface area contributed by atoms with Crippen molar-refractivity contribution in [3.8, 4) is 11.1 Å². The van der Waals surface area contributed by atoms with Crippen LogP contribution in [0.4, 0.5) is 0 Å². The van der Waals surface area contributed by atoms with Gasteiger partial charge in [0.25, 0.3) is 0 Å². The Morgan fingerprint density at radius 2 is 1.91 bits per heavy atom. The fraction of sp³-hybridized carbons (Fsp3) is 0.520. The molecule has 1 aliphatic rings. The summed E-state index contributed by atoms with van der Waals surface area (Å²) in [6.07, 6.45) is 1.20. The molecule has 3 unspecified atom stereocenters. The minimum absolute atomic E-state index is 0.0538. The number of hydrogen-bond donors (Lipinski definition) is 3. The maximum atomic E-state index is 13.4. The first-order valence-electron chi connectivity index (χ1n) is 11.6. The van der Waals surface area contributed by atoms with Gasteiger partial charge in [0, 0.05) is 31.5 Å². The highest BCUT2D eigenvalue weighted by Gasteiger charge is 2.44. The summed E-state index contributed by atoms with van der Waals surface area (Å²) in [5, 5.41) is 19.8. The lowest BCUT2D eigenvalue weighted by Gasteiger charge is -2.35. The Morgan fingerprint density at radius 1 is 1.24 bits per heavy atom. The van der Waals surface area contributed by atoms with Crippen molar-refractivity contribution in [1.29, 1.82) is 0 Å². The zero-order valence-corrected chi connectivity index (χ0v) is 20.4. The number of hydrogen-bond acceptors (Lipinski definition) is 6. The fourth-order valence-electron chi connectivity index (χ4n) is 4.06. The number of carbonyl (C=O) groups is 3. The lowest BCUT2D eigenvalue weighted by molar-refractivity contribution is -0.144. The van der Waals surface area contributed by atoms with Gasteiger partial charge < -0.3 is 25.2 Å². The molecular formula is C25H34N4O5. The smallest absolute Gasteiger partial charge is 0.246 e. The van der Waals surface area contributed by atoms with Gasteiger partial charge in [-0.05, 0) is 23.5 Å². The van der Waals surface area contributed by atoms with E-state index in [-0.39, 0.29) is 43.7 Å². The van der Waals surface area contributed by atoms with E-state index in [0.717, 1.165) is 22.4 Å². The number of nitrogens with one attached hydrogen (secondary N) is 2. The minimum Gasteiger partial charge on any atom is -0.391 e. The highest BCUT2D eigenvalue weighted by molar-refractivity contribution is 5.93. The van der Waals surface area contributed by atoms with E-state index in [2.05, 4.69) is 15.8 Å². The van der Waals surface area contributed by atoms with Gasteiger partial charge >= 0.3 is 0 Å². The van der Waals surface area contributed by atoms with Crippen molar-refractivity contribution in [2.75, 3.05) is 6.54 Å². The molecule has 184 valence electrons. The van der Waals surface area contributed by atoms with Crippen LogP contribution < -0.4 is 10.6 Å². The Hall–Kier alpha value is -3.20. The lowest BCUT2D eigenvalue weighted by Crippen LogP contribution is -2.57. The van der Waals surface area contributed by atoms with Crippen LogP contribution in [-0.4, -0.2) is 57.6 Å². The summed E-state index contributed by atoms with van der Waals surface area (Å²) >= 11 is 0. The molecule has 1 aromatic heterocycles. The highest BCUT2D eigenvalue weighted by Crippen LogP contribution is 2.27. The molecule has 1 aliphatic heterocycles. The van der Waals surface area contributed by atoms with E-state index in [1.807, 2.05) is 52.0 Å². The summed E-state index contributed by atoms with van der Waals surface area (Å²) in [5.74, 6) is -0.934. The predicted octanol–water partition coefficient (Wildman–Crippen LogP) is 2.17. The predicted molar refractivity (Wildman–Crippen MR) is 126 cm³/mol. The van der Waals surface area contributed by atoms with E-state index in [0.29, 0.717) is 0 Å². The van der Waals surface area contributed by atoms with Gasteiger partial charge in [-0.2, -0.15) is 0 Å². The Kier molecular flexibility index (Phi) is 7.76. The number of likely N-dealkylation sites (tertiary alicyclic amines) is 1. The number of aryl methyl sites for hydroxylation is 1. The van der Waals surface area contributed by atoms with Crippen LogP contribution in [0.2, 0.25) is 0 Å². The molecule has 2 aromatic rings. The molecule has 0 saturated carbocycles. The van der Waals surface area contributed by atoms with Crippen LogP contribution in [-0.2, 0) is 20.9 Å². The second kappa shape index (κ2) is 10.4. The SMILES string of the molecule is CCC(=O)NC(C(=O)N1CC(O)CC1C(=O)NCc1ccc(-c2conc2C)cc1)C(C)(C)C. The summed E-state index contributed by atoms with van der Waals surface area (Å²) in [6, 6.07) is 6.08. The number of aromatic nitrogens is 1. The van der Waals surface area contributed by atoms with Gasteiger partial charge in [0.05, 0.1) is 11.8 Å². The molecule has 3 rings (SSSR count). The molecule has 9 heteroatoms. The van der Waals surface area contributed by atoms with Gasteiger partial charge in [-0.25, -0.2) is 0 Å². The zero-order valence-electron chi connectivity index (χ0n) is 20.4. The standard InChI is InChI=1S/C25H34N4O5/c1-6-21(31)27-22(25(3,4)5)24(33)29-13-18(30)11-20(29)23(32)26-12-16-7-9-17(10-8-16)19-14-34-28-15(19)2/h7-10,14,18,20,22,30H,6,11-13H2,1-5H3,(H,26,32)(H,27,31). The average molecular weight is 471 g/mol. The number of carbonyl (C=O) groups excluding carboxylic acids is 3. The molecular weight excluding hydrogens is 436 g/mol. The van der Waals surface area contributed by atoms with Crippen LogP contribution in [0, 0.1) is 12.3 Å². The van der Waals surface area contributed by atoms with Gasteiger partial charge in [-0.15, -0.1) is 0 Å². The summed E-state index contributed by atoms with van der Waals surface area (Å²) in [5.41, 5.74) is 3.01. The molecule has 3 amide bonds. The van der Waals surface area contributed by atoms with Crippen molar-refractivity contribution in [2.45, 2.75) is 72.2 Å². The number of β-amino-alcohol motifs (C(OH)–C–C–N with tert-alkyl or cyclic N) is 1. The van der Waals surface area contributed by atoms with Crippen molar-refractivity contribution < 1.29 is 24.0 Å². The van der Waals surface area contributed by atoms with E-state index in [4.69, 9.17) is 4.52 Å². The summed E-state index contributed by atoms with van der Waals surface area (Å²) < 4.78 is 4.99. The molecule has 1 fully saturated rings. The Balaban J connectivity index is 1.67. The molecule has 0 radical (unpaired) electrons. The molecule has 3 N–H and O–H groups in total. The van der Waals surface area contributed by atoms with E-state index >= 15 is 0 Å². The molecule has 9 nitrogen and oxygen atoms in total. The van der Waals surface area contributed by atoms with Crippen LogP contribution in [0.15, 0.2) is 35.1 Å². The second-order valence-electron chi connectivity index (χ2n) is 9.84. The number of aliphatic hydroxyl groups excluding tert-OH is 1. The molecule has 2 heterocycles. The average Bonchev–Trinajstić information content (AvgIpc) is 3.40. The minimum atomic E-state index is -0.801. The molecule has 0 spiro atoms. The fourth-order valence-corrected chi connectivity index (χ4v) is 4.06. The van der Waals surface area contributed by atoms with Crippen molar-refractivity contribution in [2.24, 2.45) is 5.41 Å². The third-order valence-corrected chi connectivity index (χ3v) is 6.09. The monoisotopic (exact) mass is 470 g/mol. The molecule has 1 saturated heterocycles.